The molecule has 0 aliphatic rings. The van der Waals surface area contributed by atoms with Gasteiger partial charge in [-0.05, 0) is 18.8 Å². The monoisotopic (exact) mass is 244 g/mol. The highest BCUT2D eigenvalue weighted by Crippen LogP contribution is 2.09. The van der Waals surface area contributed by atoms with Crippen molar-refractivity contribution in [3.05, 3.63) is 0 Å². The highest BCUT2D eigenvalue weighted by atomic mass is 16.5. The van der Waals surface area contributed by atoms with Crippen LogP contribution in [0.2, 0.25) is 0 Å². The van der Waals surface area contributed by atoms with Crippen LogP contribution in [0.5, 0.6) is 0 Å². The van der Waals surface area contributed by atoms with Crippen molar-refractivity contribution < 1.29 is 9.47 Å². The van der Waals surface area contributed by atoms with Gasteiger partial charge in [0, 0.05) is 13.2 Å². The first-order valence-corrected chi connectivity index (χ1v) is 7.42. The summed E-state index contributed by atoms with van der Waals surface area (Å²) in [4.78, 5) is 0. The van der Waals surface area contributed by atoms with Crippen molar-refractivity contribution in [3.63, 3.8) is 0 Å². The molecule has 0 saturated carbocycles. The fraction of sp³-hybridized carbons (Fsp3) is 1.00. The molecule has 0 rings (SSSR count). The minimum Gasteiger partial charge on any atom is -0.379 e. The molecule has 0 aliphatic heterocycles. The average molecular weight is 244 g/mol. The summed E-state index contributed by atoms with van der Waals surface area (Å²) >= 11 is 0. The van der Waals surface area contributed by atoms with Gasteiger partial charge in [-0.15, -0.1) is 0 Å². The number of hydrogen-bond acceptors (Lipinski definition) is 2. The molecule has 0 unspecified atom stereocenters. The van der Waals surface area contributed by atoms with Crippen molar-refractivity contribution in [1.82, 2.24) is 0 Å². The van der Waals surface area contributed by atoms with Crippen LogP contribution in [0.25, 0.3) is 0 Å². The first-order valence-electron chi connectivity index (χ1n) is 7.42. The van der Waals surface area contributed by atoms with Gasteiger partial charge in [-0.1, -0.05) is 52.9 Å². The van der Waals surface area contributed by atoms with Gasteiger partial charge >= 0.3 is 0 Å². The van der Waals surface area contributed by atoms with E-state index in [1.165, 1.54) is 38.5 Å². The van der Waals surface area contributed by atoms with Gasteiger partial charge in [0.2, 0.25) is 0 Å². The summed E-state index contributed by atoms with van der Waals surface area (Å²) in [6.07, 6.45) is 8.97. The number of ether oxygens (including phenoxy) is 2. The van der Waals surface area contributed by atoms with Crippen LogP contribution < -0.4 is 0 Å². The zero-order valence-electron chi connectivity index (χ0n) is 12.2. The van der Waals surface area contributed by atoms with Crippen LogP contribution in [-0.4, -0.2) is 26.4 Å². The minimum absolute atomic E-state index is 0.757. The summed E-state index contributed by atoms with van der Waals surface area (Å²) in [7, 11) is 0. The fourth-order valence-electron chi connectivity index (χ4n) is 1.68. The Bertz CT molecular complexity index is 135. The molecular formula is C15H32O2. The van der Waals surface area contributed by atoms with Crippen molar-refractivity contribution in [2.45, 2.75) is 65.7 Å². The van der Waals surface area contributed by atoms with Gasteiger partial charge in [-0.2, -0.15) is 0 Å². The molecule has 0 aromatic heterocycles. The lowest BCUT2D eigenvalue weighted by Gasteiger charge is -2.06. The van der Waals surface area contributed by atoms with Crippen LogP contribution in [-0.2, 0) is 9.47 Å². The molecule has 0 saturated heterocycles. The lowest BCUT2D eigenvalue weighted by atomic mass is 10.0. The van der Waals surface area contributed by atoms with Crippen LogP contribution in [0.15, 0.2) is 0 Å². The Morgan fingerprint density at radius 3 is 1.88 bits per heavy atom. The van der Waals surface area contributed by atoms with Gasteiger partial charge in [0.1, 0.15) is 0 Å². The maximum Gasteiger partial charge on any atom is 0.0700 e. The minimum atomic E-state index is 0.757. The van der Waals surface area contributed by atoms with E-state index in [1.807, 2.05) is 0 Å². The van der Waals surface area contributed by atoms with E-state index in [0.29, 0.717) is 0 Å². The van der Waals surface area contributed by atoms with E-state index in [1.54, 1.807) is 0 Å². The van der Waals surface area contributed by atoms with E-state index in [4.69, 9.17) is 9.47 Å². The molecule has 2 nitrogen and oxygen atoms in total. The van der Waals surface area contributed by atoms with Crippen molar-refractivity contribution in [2.75, 3.05) is 26.4 Å². The Kier molecular flexibility index (Phi) is 13.9. The molecule has 0 bridgehead atoms. The van der Waals surface area contributed by atoms with Crippen molar-refractivity contribution >= 4 is 0 Å². The third-order valence-corrected chi connectivity index (χ3v) is 2.83. The number of hydrogen-bond donors (Lipinski definition) is 0. The normalized spacial score (nSPS) is 11.3. The Balaban J connectivity index is 2.89. The highest BCUT2D eigenvalue weighted by Gasteiger charge is 1.95. The molecule has 0 aromatic carbocycles. The van der Waals surface area contributed by atoms with Crippen molar-refractivity contribution in [2.24, 2.45) is 5.92 Å². The van der Waals surface area contributed by atoms with Gasteiger partial charge in [-0.25, -0.2) is 0 Å². The lowest BCUT2D eigenvalue weighted by molar-refractivity contribution is 0.0453. The predicted molar refractivity (Wildman–Crippen MR) is 74.5 cm³/mol. The zero-order chi connectivity index (χ0) is 12.8. The number of unbranched alkanes of at least 4 members (excludes halogenated alkanes) is 4. The van der Waals surface area contributed by atoms with E-state index < -0.39 is 0 Å². The fourth-order valence-corrected chi connectivity index (χ4v) is 1.68. The summed E-state index contributed by atoms with van der Waals surface area (Å²) < 4.78 is 10.9. The van der Waals surface area contributed by atoms with Gasteiger partial charge in [0.25, 0.3) is 0 Å². The molecule has 2 heteroatoms. The van der Waals surface area contributed by atoms with Crippen LogP contribution in [0.3, 0.4) is 0 Å². The average Bonchev–Trinajstić information content (AvgIpc) is 2.30. The Morgan fingerprint density at radius 1 is 0.706 bits per heavy atom. The number of rotatable bonds is 13. The quantitative estimate of drug-likeness (QED) is 0.446. The molecule has 0 fully saturated rings. The first kappa shape index (κ1) is 16.9. The Morgan fingerprint density at radius 2 is 1.29 bits per heavy atom. The molecular weight excluding hydrogens is 212 g/mol. The standard InChI is InChI=1S/C15H32O2/c1-4-5-11-16-13-14-17-12-9-7-6-8-10-15(2)3/h15H,4-14H2,1-3H3. The van der Waals surface area contributed by atoms with Crippen molar-refractivity contribution in [3.8, 4) is 0 Å². The SMILES string of the molecule is CCCCOCCOCCCCCCC(C)C. The maximum atomic E-state index is 5.52. The van der Waals surface area contributed by atoms with Crippen LogP contribution >= 0.6 is 0 Å². The topological polar surface area (TPSA) is 18.5 Å². The predicted octanol–water partition coefficient (Wildman–Crippen LogP) is 4.43. The lowest BCUT2D eigenvalue weighted by Crippen LogP contribution is -2.06. The van der Waals surface area contributed by atoms with Crippen LogP contribution in [0, 0.1) is 5.92 Å². The summed E-state index contributed by atoms with van der Waals surface area (Å²) in [6, 6.07) is 0. The largest absolute Gasteiger partial charge is 0.379 e. The van der Waals surface area contributed by atoms with E-state index in [2.05, 4.69) is 20.8 Å². The second kappa shape index (κ2) is 14.0. The zero-order valence-corrected chi connectivity index (χ0v) is 12.2. The molecule has 0 radical (unpaired) electrons. The molecule has 0 spiro atoms. The van der Waals surface area contributed by atoms with Gasteiger partial charge in [0.15, 0.2) is 0 Å². The summed E-state index contributed by atoms with van der Waals surface area (Å²) in [5, 5.41) is 0. The third kappa shape index (κ3) is 15.9. The van der Waals surface area contributed by atoms with Crippen LogP contribution in [0.1, 0.15) is 65.7 Å². The van der Waals surface area contributed by atoms with E-state index >= 15 is 0 Å². The molecule has 0 aliphatic carbocycles. The summed E-state index contributed by atoms with van der Waals surface area (Å²) in [5.41, 5.74) is 0. The molecule has 0 heterocycles. The Hall–Kier alpha value is -0.0800. The molecule has 104 valence electrons. The molecule has 17 heavy (non-hydrogen) atoms. The van der Waals surface area contributed by atoms with Crippen LogP contribution in [0.4, 0.5) is 0 Å². The van der Waals surface area contributed by atoms with Gasteiger partial charge < -0.3 is 9.47 Å². The van der Waals surface area contributed by atoms with Crippen molar-refractivity contribution in [1.29, 1.82) is 0 Å². The first-order chi connectivity index (χ1) is 8.27. The van der Waals surface area contributed by atoms with E-state index in [0.717, 1.165) is 38.8 Å². The maximum absolute atomic E-state index is 5.52. The van der Waals surface area contributed by atoms with Gasteiger partial charge in [0.05, 0.1) is 13.2 Å². The molecule has 0 atom stereocenters. The third-order valence-electron chi connectivity index (χ3n) is 2.83. The van der Waals surface area contributed by atoms with E-state index in [-0.39, 0.29) is 0 Å². The molecule has 0 amide bonds. The Labute approximate surface area is 108 Å². The van der Waals surface area contributed by atoms with E-state index in [9.17, 15) is 0 Å². The molecule has 0 N–H and O–H groups in total. The highest BCUT2D eigenvalue weighted by molar-refractivity contribution is 4.47. The summed E-state index contributed by atoms with van der Waals surface area (Å²) in [6.45, 7) is 10.1. The summed E-state index contributed by atoms with van der Waals surface area (Å²) in [5.74, 6) is 0.853. The smallest absolute Gasteiger partial charge is 0.0700 e. The second-order valence-corrected chi connectivity index (χ2v) is 5.18. The molecule has 0 aromatic rings. The second-order valence-electron chi connectivity index (χ2n) is 5.18. The van der Waals surface area contributed by atoms with Gasteiger partial charge in [-0.3, -0.25) is 0 Å².